The Labute approximate surface area is 83.6 Å². The first-order valence-corrected chi connectivity index (χ1v) is 4.90. The highest BCUT2D eigenvalue weighted by Gasteiger charge is 2.10. The third kappa shape index (κ3) is 0.884. The van der Waals surface area contributed by atoms with Crippen molar-refractivity contribution in [3.8, 4) is 0 Å². The van der Waals surface area contributed by atoms with Crippen molar-refractivity contribution < 1.29 is 0 Å². The van der Waals surface area contributed by atoms with Gasteiger partial charge < -0.3 is 0 Å². The molecule has 1 aromatic carbocycles. The molecule has 0 amide bonds. The molecule has 0 spiro atoms. The Balaban J connectivity index is 2.41. The van der Waals surface area contributed by atoms with Crippen molar-refractivity contribution in [3.63, 3.8) is 0 Å². The Bertz CT molecular complexity index is 596. The van der Waals surface area contributed by atoms with Crippen LogP contribution in [0.2, 0.25) is 0 Å². The summed E-state index contributed by atoms with van der Waals surface area (Å²) in [6, 6.07) is 4.49. The van der Waals surface area contributed by atoms with Crippen LogP contribution in [0.1, 0.15) is 25.0 Å². The third-order valence-corrected chi connectivity index (χ3v) is 3.06. The van der Waals surface area contributed by atoms with Crippen LogP contribution in [0.25, 0.3) is 23.8 Å². The zero-order valence-corrected chi connectivity index (χ0v) is 8.39. The smallest absolute Gasteiger partial charge is 0.00639 e. The summed E-state index contributed by atoms with van der Waals surface area (Å²) in [7, 11) is 0. The second-order valence-corrected chi connectivity index (χ2v) is 3.93. The molecule has 0 saturated carbocycles. The molecule has 0 bridgehead atoms. The van der Waals surface area contributed by atoms with Gasteiger partial charge in [-0.15, -0.1) is 0 Å². The first kappa shape index (κ1) is 7.81. The Morgan fingerprint density at radius 2 is 2.00 bits per heavy atom. The van der Waals surface area contributed by atoms with Crippen molar-refractivity contribution in [2.24, 2.45) is 0 Å². The summed E-state index contributed by atoms with van der Waals surface area (Å²) in [5, 5.41) is 2.58. The predicted molar refractivity (Wildman–Crippen MR) is 60.9 cm³/mol. The van der Waals surface area contributed by atoms with Crippen LogP contribution in [-0.2, 0) is 0 Å². The molecule has 0 atom stereocenters. The predicted octanol–water partition coefficient (Wildman–Crippen LogP) is 1.96. The molecule has 0 nitrogen and oxygen atoms in total. The molecular weight excluding hydrogens is 168 g/mol. The highest BCUT2D eigenvalue weighted by molar-refractivity contribution is 5.82. The minimum Gasteiger partial charge on any atom is -0.0610 e. The average Bonchev–Trinajstić information content (AvgIpc) is 2.70. The molecule has 2 aliphatic carbocycles. The number of allylic oxidation sites excluding steroid dienone is 3. The van der Waals surface area contributed by atoms with E-state index >= 15 is 0 Å². The summed E-state index contributed by atoms with van der Waals surface area (Å²) < 4.78 is 0. The van der Waals surface area contributed by atoms with Crippen LogP contribution >= 0.6 is 0 Å². The van der Waals surface area contributed by atoms with Crippen molar-refractivity contribution in [1.29, 1.82) is 0 Å². The molecule has 0 N–H and O–H groups in total. The maximum absolute atomic E-state index is 3.41. The molecule has 14 heavy (non-hydrogen) atoms. The number of fused-ring (bicyclic) bond motifs is 2. The second-order valence-electron chi connectivity index (χ2n) is 3.93. The Hall–Kier alpha value is -1.56. The largest absolute Gasteiger partial charge is 0.0610 e. The van der Waals surface area contributed by atoms with Crippen LogP contribution in [-0.4, -0.2) is 0 Å². The van der Waals surface area contributed by atoms with Gasteiger partial charge in [0.05, 0.1) is 0 Å². The second kappa shape index (κ2) is 2.48. The molecule has 0 heteroatoms. The molecule has 0 aromatic heterocycles. The summed E-state index contributed by atoms with van der Waals surface area (Å²) in [6.45, 7) is 4.29. The molecule has 0 heterocycles. The summed E-state index contributed by atoms with van der Waals surface area (Å²) >= 11 is 0. The number of hydrogen-bond donors (Lipinski definition) is 0. The van der Waals surface area contributed by atoms with Gasteiger partial charge in [-0.25, -0.2) is 0 Å². The Kier molecular flexibility index (Phi) is 1.38. The number of hydrogen-bond acceptors (Lipinski definition) is 0. The quantitative estimate of drug-likeness (QED) is 0.571. The minimum atomic E-state index is 1.25. The van der Waals surface area contributed by atoms with Gasteiger partial charge in [0, 0.05) is 0 Å². The normalized spacial score (nSPS) is 16.4. The highest BCUT2D eigenvalue weighted by Crippen LogP contribution is 2.20. The van der Waals surface area contributed by atoms with E-state index in [2.05, 4.69) is 50.3 Å². The zero-order chi connectivity index (χ0) is 9.71. The molecule has 1 aromatic rings. The lowest BCUT2D eigenvalue weighted by molar-refractivity contribution is 1.47. The van der Waals surface area contributed by atoms with E-state index in [1.54, 1.807) is 0 Å². The van der Waals surface area contributed by atoms with Crippen LogP contribution in [0.4, 0.5) is 0 Å². The monoisotopic (exact) mass is 179 g/mol. The van der Waals surface area contributed by atoms with Crippen molar-refractivity contribution in [2.45, 2.75) is 13.8 Å². The number of benzene rings is 1. The standard InChI is InChI=1S/C14H11/c1-9-6-13-7-11-4-3-5-12(11)8-14(13)10(9)2/h3-5,7-8H,1-2H3. The lowest BCUT2D eigenvalue weighted by Gasteiger charge is -2.00. The van der Waals surface area contributed by atoms with Crippen molar-refractivity contribution in [3.05, 3.63) is 45.3 Å². The van der Waals surface area contributed by atoms with Crippen LogP contribution in [0.3, 0.4) is 0 Å². The van der Waals surface area contributed by atoms with E-state index < -0.39 is 0 Å². The summed E-state index contributed by atoms with van der Waals surface area (Å²) in [5.74, 6) is 0. The van der Waals surface area contributed by atoms with Gasteiger partial charge in [0.25, 0.3) is 0 Å². The SMILES string of the molecule is CC1=C(C)c2cc3c(cc2=[C]1)C=CC=3. The Morgan fingerprint density at radius 1 is 1.14 bits per heavy atom. The van der Waals surface area contributed by atoms with E-state index in [1.807, 2.05) is 0 Å². The maximum atomic E-state index is 3.41. The van der Waals surface area contributed by atoms with Crippen LogP contribution in [0, 0.1) is 0 Å². The van der Waals surface area contributed by atoms with E-state index in [-0.39, 0.29) is 0 Å². The topological polar surface area (TPSA) is 0 Å². The summed E-state index contributed by atoms with van der Waals surface area (Å²) in [5.41, 5.74) is 5.30. The molecule has 1 radical (unpaired) electrons. The molecule has 0 saturated heterocycles. The lowest BCUT2D eigenvalue weighted by atomic mass is 10.0. The zero-order valence-electron chi connectivity index (χ0n) is 8.39. The molecule has 0 aliphatic heterocycles. The Morgan fingerprint density at radius 3 is 2.86 bits per heavy atom. The molecule has 0 fully saturated rings. The lowest BCUT2D eigenvalue weighted by Crippen LogP contribution is -2.13. The third-order valence-electron chi connectivity index (χ3n) is 3.06. The van der Waals surface area contributed by atoms with Gasteiger partial charge in [-0.3, -0.25) is 0 Å². The van der Waals surface area contributed by atoms with Gasteiger partial charge in [-0.1, -0.05) is 18.2 Å². The van der Waals surface area contributed by atoms with Crippen molar-refractivity contribution in [1.82, 2.24) is 0 Å². The van der Waals surface area contributed by atoms with Crippen LogP contribution < -0.4 is 10.4 Å². The van der Waals surface area contributed by atoms with Gasteiger partial charge in [0.1, 0.15) is 0 Å². The summed E-state index contributed by atoms with van der Waals surface area (Å²) in [4.78, 5) is 0. The summed E-state index contributed by atoms with van der Waals surface area (Å²) in [6.07, 6.45) is 9.83. The minimum absolute atomic E-state index is 1.25. The van der Waals surface area contributed by atoms with E-state index in [0.717, 1.165) is 0 Å². The number of rotatable bonds is 0. The molecule has 67 valence electrons. The van der Waals surface area contributed by atoms with E-state index in [1.165, 1.54) is 32.7 Å². The first-order valence-electron chi connectivity index (χ1n) is 4.90. The van der Waals surface area contributed by atoms with Crippen molar-refractivity contribution in [2.75, 3.05) is 0 Å². The van der Waals surface area contributed by atoms with E-state index in [4.69, 9.17) is 0 Å². The maximum Gasteiger partial charge on any atom is -0.00639 e. The first-order chi connectivity index (χ1) is 6.75. The average molecular weight is 179 g/mol. The van der Waals surface area contributed by atoms with Gasteiger partial charge >= 0.3 is 0 Å². The fraction of sp³-hybridized carbons (Fsp3) is 0.143. The van der Waals surface area contributed by atoms with Gasteiger partial charge in [-0.2, -0.15) is 0 Å². The molecular formula is C14H11. The molecule has 2 aliphatic rings. The van der Waals surface area contributed by atoms with E-state index in [9.17, 15) is 0 Å². The van der Waals surface area contributed by atoms with Gasteiger partial charge in [0.2, 0.25) is 0 Å². The van der Waals surface area contributed by atoms with Crippen LogP contribution in [0.15, 0.2) is 23.8 Å². The van der Waals surface area contributed by atoms with Gasteiger partial charge in [0.15, 0.2) is 0 Å². The molecule has 3 rings (SSSR count). The van der Waals surface area contributed by atoms with Gasteiger partial charge in [-0.05, 0) is 64.8 Å². The van der Waals surface area contributed by atoms with Crippen LogP contribution in [0.5, 0.6) is 0 Å². The highest BCUT2D eigenvalue weighted by atomic mass is 14.1. The van der Waals surface area contributed by atoms with E-state index in [0.29, 0.717) is 0 Å². The van der Waals surface area contributed by atoms with Crippen molar-refractivity contribution >= 4 is 23.8 Å². The fourth-order valence-electron chi connectivity index (χ4n) is 2.09. The fourth-order valence-corrected chi connectivity index (χ4v) is 2.09. The molecule has 0 unspecified atom stereocenters.